The van der Waals surface area contributed by atoms with E-state index in [9.17, 15) is 23.3 Å². The fourth-order valence-electron chi connectivity index (χ4n) is 2.38. The molecular formula is C14H13F3N4O4. The summed E-state index contributed by atoms with van der Waals surface area (Å²) >= 11 is 0. The Morgan fingerprint density at radius 1 is 1.40 bits per heavy atom. The number of nitro groups is 1. The smallest absolute Gasteiger partial charge is 0.444 e. The van der Waals surface area contributed by atoms with E-state index in [4.69, 9.17) is 4.74 Å². The van der Waals surface area contributed by atoms with Crippen LogP contribution >= 0.6 is 0 Å². The normalized spacial score (nSPS) is 16.8. The number of ether oxygens (including phenoxy) is 2. The number of hydrogen-bond donors (Lipinski definition) is 1. The van der Waals surface area contributed by atoms with Crippen molar-refractivity contribution in [1.29, 1.82) is 0 Å². The van der Waals surface area contributed by atoms with Gasteiger partial charge in [0.2, 0.25) is 0 Å². The standard InChI is InChI=1S/C14H13F3N4O4/c15-14(16,17)25-11-3-1-9(2-4-11)5-18-10-6-20-7-12(21(22)23)19-13(20)24-8-10/h1-4,7,10,18H,5-6,8H2/t10-/m0/s1. The maximum Gasteiger partial charge on any atom is 0.573 e. The summed E-state index contributed by atoms with van der Waals surface area (Å²) in [4.78, 5) is 13.9. The summed E-state index contributed by atoms with van der Waals surface area (Å²) in [6.45, 7) is 1.11. The molecule has 1 aliphatic rings. The fraction of sp³-hybridized carbons (Fsp3) is 0.357. The Bertz CT molecular complexity index is 760. The second-order valence-electron chi connectivity index (χ2n) is 5.37. The van der Waals surface area contributed by atoms with Crippen LogP contribution in [0.3, 0.4) is 0 Å². The lowest BCUT2D eigenvalue weighted by Gasteiger charge is -2.23. The first-order valence-electron chi connectivity index (χ1n) is 7.22. The molecule has 0 saturated carbocycles. The highest BCUT2D eigenvalue weighted by atomic mass is 19.4. The number of rotatable bonds is 5. The average molecular weight is 358 g/mol. The van der Waals surface area contributed by atoms with E-state index in [1.807, 2.05) is 0 Å². The number of imidazole rings is 1. The highest BCUT2D eigenvalue weighted by Crippen LogP contribution is 2.23. The third-order valence-electron chi connectivity index (χ3n) is 3.50. The summed E-state index contributed by atoms with van der Waals surface area (Å²) in [5.74, 6) is -0.566. The van der Waals surface area contributed by atoms with Crippen molar-refractivity contribution in [2.75, 3.05) is 6.61 Å². The van der Waals surface area contributed by atoms with Gasteiger partial charge in [0.15, 0.2) is 0 Å². The Morgan fingerprint density at radius 3 is 2.76 bits per heavy atom. The van der Waals surface area contributed by atoms with Crippen molar-refractivity contribution in [1.82, 2.24) is 14.9 Å². The molecule has 1 N–H and O–H groups in total. The molecule has 1 atom stereocenters. The van der Waals surface area contributed by atoms with Crippen LogP contribution in [0.1, 0.15) is 5.56 Å². The number of nitrogens with zero attached hydrogens (tertiary/aromatic N) is 3. The minimum atomic E-state index is -4.72. The quantitative estimate of drug-likeness (QED) is 0.651. The molecule has 2 aromatic rings. The number of halogens is 3. The van der Waals surface area contributed by atoms with E-state index in [0.717, 1.165) is 5.56 Å². The summed E-state index contributed by atoms with van der Waals surface area (Å²) < 4.78 is 47.0. The zero-order valence-corrected chi connectivity index (χ0v) is 12.7. The van der Waals surface area contributed by atoms with Crippen molar-refractivity contribution < 1.29 is 27.6 Å². The molecule has 0 spiro atoms. The van der Waals surface area contributed by atoms with Crippen LogP contribution < -0.4 is 14.8 Å². The van der Waals surface area contributed by atoms with Gasteiger partial charge in [-0.15, -0.1) is 13.2 Å². The van der Waals surface area contributed by atoms with Crippen LogP contribution in [0.15, 0.2) is 30.5 Å². The van der Waals surface area contributed by atoms with Gasteiger partial charge >= 0.3 is 18.2 Å². The predicted molar refractivity (Wildman–Crippen MR) is 78.1 cm³/mol. The minimum Gasteiger partial charge on any atom is -0.444 e. The molecule has 3 rings (SSSR count). The monoisotopic (exact) mass is 358 g/mol. The van der Waals surface area contributed by atoms with Crippen LogP contribution in [0.4, 0.5) is 19.0 Å². The van der Waals surface area contributed by atoms with Crippen molar-refractivity contribution in [2.24, 2.45) is 0 Å². The van der Waals surface area contributed by atoms with E-state index in [1.165, 1.54) is 30.5 Å². The van der Waals surface area contributed by atoms with Crippen LogP contribution in [0.2, 0.25) is 0 Å². The molecule has 0 fully saturated rings. The Morgan fingerprint density at radius 2 is 2.12 bits per heavy atom. The van der Waals surface area contributed by atoms with E-state index in [1.54, 1.807) is 4.57 Å². The minimum absolute atomic E-state index is 0.118. The molecular weight excluding hydrogens is 345 g/mol. The van der Waals surface area contributed by atoms with E-state index in [0.29, 0.717) is 13.1 Å². The van der Waals surface area contributed by atoms with Crippen molar-refractivity contribution in [2.45, 2.75) is 25.5 Å². The van der Waals surface area contributed by atoms with E-state index < -0.39 is 11.3 Å². The largest absolute Gasteiger partial charge is 0.573 e. The molecule has 1 aromatic carbocycles. The van der Waals surface area contributed by atoms with Gasteiger partial charge in [-0.1, -0.05) is 12.1 Å². The Kier molecular flexibility index (Phi) is 4.49. The Hall–Kier alpha value is -2.82. The van der Waals surface area contributed by atoms with Crippen LogP contribution in [0.25, 0.3) is 0 Å². The first kappa shape index (κ1) is 17.0. The maximum absolute atomic E-state index is 12.1. The number of alkyl halides is 3. The highest BCUT2D eigenvalue weighted by Gasteiger charge is 2.31. The molecule has 1 aromatic heterocycles. The number of nitrogens with one attached hydrogen (secondary N) is 1. The number of benzene rings is 1. The number of fused-ring (bicyclic) bond motifs is 1. The molecule has 25 heavy (non-hydrogen) atoms. The third kappa shape index (κ3) is 4.38. The van der Waals surface area contributed by atoms with E-state index >= 15 is 0 Å². The summed E-state index contributed by atoms with van der Waals surface area (Å²) in [6.07, 6.45) is -3.42. The van der Waals surface area contributed by atoms with Gasteiger partial charge in [0.25, 0.3) is 0 Å². The van der Waals surface area contributed by atoms with Gasteiger partial charge in [-0.3, -0.25) is 4.57 Å². The topological polar surface area (TPSA) is 91.5 Å². The van der Waals surface area contributed by atoms with Crippen LogP contribution in [-0.4, -0.2) is 33.5 Å². The predicted octanol–water partition coefficient (Wildman–Crippen LogP) is 2.24. The molecule has 1 aliphatic heterocycles. The van der Waals surface area contributed by atoms with Crippen molar-refractivity contribution in [3.8, 4) is 11.8 Å². The van der Waals surface area contributed by atoms with Gasteiger partial charge in [0, 0.05) is 18.1 Å². The molecule has 134 valence electrons. The zero-order chi connectivity index (χ0) is 18.0. The third-order valence-corrected chi connectivity index (χ3v) is 3.50. The van der Waals surface area contributed by atoms with Crippen molar-refractivity contribution in [3.63, 3.8) is 0 Å². The van der Waals surface area contributed by atoms with Gasteiger partial charge in [0.05, 0.1) is 6.04 Å². The average Bonchev–Trinajstić information content (AvgIpc) is 2.96. The summed E-state index contributed by atoms with van der Waals surface area (Å²) in [5, 5.41) is 13.9. The first-order valence-corrected chi connectivity index (χ1v) is 7.22. The molecule has 11 heteroatoms. The molecule has 0 bridgehead atoms. The second-order valence-corrected chi connectivity index (χ2v) is 5.37. The Labute approximate surface area is 139 Å². The number of aromatic nitrogens is 2. The lowest BCUT2D eigenvalue weighted by Crippen LogP contribution is -2.41. The van der Waals surface area contributed by atoms with E-state index in [-0.39, 0.29) is 30.2 Å². The van der Waals surface area contributed by atoms with Crippen molar-refractivity contribution in [3.05, 3.63) is 46.1 Å². The van der Waals surface area contributed by atoms with Gasteiger partial charge in [-0.25, -0.2) is 0 Å². The fourth-order valence-corrected chi connectivity index (χ4v) is 2.38. The highest BCUT2D eigenvalue weighted by molar-refractivity contribution is 5.27. The van der Waals surface area contributed by atoms with Crippen LogP contribution in [0, 0.1) is 10.1 Å². The molecule has 0 radical (unpaired) electrons. The maximum atomic E-state index is 12.1. The van der Waals surface area contributed by atoms with Gasteiger partial charge in [0.1, 0.15) is 18.6 Å². The summed E-state index contributed by atoms with van der Waals surface area (Å²) in [6, 6.07) is 5.58. The van der Waals surface area contributed by atoms with Gasteiger partial charge < -0.3 is 24.9 Å². The van der Waals surface area contributed by atoms with Crippen LogP contribution in [0.5, 0.6) is 11.8 Å². The SMILES string of the molecule is O=[N+]([O-])c1cn2c(n1)OC[C@@H](NCc1ccc(OC(F)(F)F)cc1)C2. The van der Waals surface area contributed by atoms with Crippen molar-refractivity contribution >= 4 is 5.82 Å². The second kappa shape index (κ2) is 6.59. The summed E-state index contributed by atoms with van der Waals surface area (Å²) in [5.41, 5.74) is 0.761. The zero-order valence-electron chi connectivity index (χ0n) is 12.7. The lowest BCUT2D eigenvalue weighted by molar-refractivity contribution is -0.389. The molecule has 0 saturated heterocycles. The molecule has 0 aliphatic carbocycles. The van der Waals surface area contributed by atoms with Crippen LogP contribution in [-0.2, 0) is 13.1 Å². The number of hydrogen-bond acceptors (Lipinski definition) is 6. The summed E-state index contributed by atoms with van der Waals surface area (Å²) in [7, 11) is 0. The molecule has 8 nitrogen and oxygen atoms in total. The lowest BCUT2D eigenvalue weighted by atomic mass is 10.2. The van der Waals surface area contributed by atoms with Gasteiger partial charge in [-0.2, -0.15) is 0 Å². The first-order chi connectivity index (χ1) is 11.8. The molecule has 0 unspecified atom stereocenters. The van der Waals surface area contributed by atoms with E-state index in [2.05, 4.69) is 15.0 Å². The Balaban J connectivity index is 1.54. The molecule has 0 amide bonds. The van der Waals surface area contributed by atoms with Gasteiger partial charge in [-0.05, 0) is 22.6 Å². The molecule has 2 heterocycles.